The highest BCUT2D eigenvalue weighted by molar-refractivity contribution is 6.04. The number of carbonyl (C=O) groups excluding carboxylic acids is 3. The van der Waals surface area contributed by atoms with Crippen LogP contribution in [0.5, 0.6) is 57.5 Å². The normalized spacial score (nSPS) is 21.7. The van der Waals surface area contributed by atoms with E-state index in [9.17, 15) is 60.3 Å². The Balaban J connectivity index is 1.30. The number of rotatable bonds is 9. The number of hydrogen-bond acceptors (Lipinski definition) is 18. The minimum absolute atomic E-state index is 0.0240. The summed E-state index contributed by atoms with van der Waals surface area (Å²) in [6.45, 7) is 2.08. The molecule has 4 aromatic rings. The third kappa shape index (κ3) is 7.27. The number of aromatic hydroxyl groups is 7. The van der Waals surface area contributed by atoms with Gasteiger partial charge in [0.25, 0.3) is 0 Å². The number of phenols is 7. The summed E-state index contributed by atoms with van der Waals surface area (Å²) < 4.78 is 34.0. The summed E-state index contributed by atoms with van der Waals surface area (Å²) in [5, 5.41) is 92.6. The quantitative estimate of drug-likeness (QED) is 0.0871. The van der Waals surface area contributed by atoms with Crippen molar-refractivity contribution in [2.75, 3.05) is 13.7 Å². The minimum atomic E-state index is -2.06. The topological polar surface area (TPSA) is 289 Å². The van der Waals surface area contributed by atoms with Gasteiger partial charge >= 0.3 is 11.9 Å². The van der Waals surface area contributed by atoms with Crippen molar-refractivity contribution in [3.63, 3.8) is 0 Å². The predicted octanol–water partition coefficient (Wildman–Crippen LogP) is 2.87. The van der Waals surface area contributed by atoms with Crippen molar-refractivity contribution < 1.29 is 88.8 Å². The summed E-state index contributed by atoms with van der Waals surface area (Å²) in [5.74, 6) is -8.32. The Labute approximate surface area is 316 Å². The SMILES string of the molecule is COc1ccc([C@@H]2CC(=O)c3c(O)c(C)c(O[C@@H]4O[C@H](COC(=O)c5cc(O)c(O)c(O)c5)[C@@H](OC(=O)c5cc(O)c(O)c(O)c5)[C@H](O)[C@H]4O)c(C)c3O2)cc1. The third-order valence-electron chi connectivity index (χ3n) is 9.35. The molecule has 2 heterocycles. The smallest absolute Gasteiger partial charge is 0.338 e. The van der Waals surface area contributed by atoms with Gasteiger partial charge < -0.3 is 74.4 Å². The molecule has 4 aromatic carbocycles. The largest absolute Gasteiger partial charge is 0.507 e. The number of carbonyl (C=O) groups is 3. The van der Waals surface area contributed by atoms with E-state index in [1.54, 1.807) is 24.3 Å². The van der Waals surface area contributed by atoms with E-state index in [2.05, 4.69) is 0 Å². The average molecular weight is 781 g/mol. The number of phenolic OH excluding ortho intramolecular Hbond substituents is 7. The number of fused-ring (bicyclic) bond motifs is 1. The Morgan fingerprint density at radius 1 is 0.768 bits per heavy atom. The number of ether oxygens (including phenoxy) is 6. The number of methoxy groups -OCH3 is 1. The highest BCUT2D eigenvalue weighted by Crippen LogP contribution is 2.48. The lowest BCUT2D eigenvalue weighted by Crippen LogP contribution is -2.61. The van der Waals surface area contributed by atoms with Crippen LogP contribution < -0.4 is 14.2 Å². The van der Waals surface area contributed by atoms with Crippen LogP contribution in [0.25, 0.3) is 0 Å². The van der Waals surface area contributed by atoms with E-state index in [0.29, 0.717) is 11.3 Å². The predicted molar refractivity (Wildman–Crippen MR) is 187 cm³/mol. The van der Waals surface area contributed by atoms with Gasteiger partial charge in [-0.1, -0.05) is 12.1 Å². The average Bonchev–Trinajstić information content (AvgIpc) is 3.17. The summed E-state index contributed by atoms with van der Waals surface area (Å²) in [5.41, 5.74) is -0.193. The molecule has 0 spiro atoms. The number of esters is 2. The molecule has 0 radical (unpaired) electrons. The molecule has 2 aliphatic heterocycles. The zero-order chi connectivity index (χ0) is 40.7. The van der Waals surface area contributed by atoms with E-state index in [4.69, 9.17) is 28.4 Å². The molecule has 56 heavy (non-hydrogen) atoms. The van der Waals surface area contributed by atoms with Gasteiger partial charge in [0, 0.05) is 11.1 Å². The summed E-state index contributed by atoms with van der Waals surface area (Å²) >= 11 is 0. The van der Waals surface area contributed by atoms with Crippen molar-refractivity contribution in [2.24, 2.45) is 0 Å². The van der Waals surface area contributed by atoms with E-state index in [1.807, 2.05) is 0 Å². The maximum atomic E-state index is 13.4. The molecule has 0 amide bonds. The van der Waals surface area contributed by atoms with Gasteiger partial charge in [0.15, 0.2) is 46.4 Å². The van der Waals surface area contributed by atoms with E-state index in [-0.39, 0.29) is 34.6 Å². The molecule has 0 aliphatic carbocycles. The molecular formula is C38H36O18. The lowest BCUT2D eigenvalue weighted by atomic mass is 9.91. The van der Waals surface area contributed by atoms with Crippen LogP contribution in [-0.4, -0.2) is 108 Å². The zero-order valence-electron chi connectivity index (χ0n) is 29.7. The van der Waals surface area contributed by atoms with Crippen molar-refractivity contribution >= 4 is 17.7 Å². The maximum Gasteiger partial charge on any atom is 0.338 e. The standard InChI is InChI=1S/C38H36O18/c1-14-28(44)27-20(39)12-25(16-4-6-19(51-3)7-5-16)53-34(27)15(2)33(14)56-38-32(48)31(47)35(55-37(50)18-10-23(42)30(46)24(43)11-18)26(54-38)13-52-36(49)17-8-21(40)29(45)22(41)9-17/h4-11,25-26,31-32,35,38,40-48H,12-13H2,1-3H3/t25-,26+,31+,32+,35+,38-/m0/s1. The van der Waals surface area contributed by atoms with Gasteiger partial charge in [-0.25, -0.2) is 9.59 Å². The van der Waals surface area contributed by atoms with Crippen LogP contribution in [0.15, 0.2) is 48.5 Å². The molecule has 0 aromatic heterocycles. The molecule has 6 rings (SSSR count). The number of aliphatic hydroxyl groups is 2. The Bertz CT molecular complexity index is 2150. The Kier molecular flexibility index (Phi) is 10.6. The summed E-state index contributed by atoms with van der Waals surface area (Å²) in [7, 11) is 1.50. The lowest BCUT2D eigenvalue weighted by Gasteiger charge is -2.42. The first-order chi connectivity index (χ1) is 26.5. The van der Waals surface area contributed by atoms with Crippen molar-refractivity contribution in [1.82, 2.24) is 0 Å². The first kappa shape index (κ1) is 39.1. The van der Waals surface area contributed by atoms with Crippen LogP contribution >= 0.6 is 0 Å². The number of ketones is 1. The van der Waals surface area contributed by atoms with Gasteiger partial charge in [0.05, 0.1) is 24.7 Å². The molecule has 18 nitrogen and oxygen atoms in total. The van der Waals surface area contributed by atoms with E-state index >= 15 is 0 Å². The molecule has 9 N–H and O–H groups in total. The third-order valence-corrected chi connectivity index (χ3v) is 9.35. The van der Waals surface area contributed by atoms with E-state index in [1.165, 1.54) is 21.0 Å². The van der Waals surface area contributed by atoms with Crippen LogP contribution in [0.4, 0.5) is 0 Å². The van der Waals surface area contributed by atoms with Crippen molar-refractivity contribution in [1.29, 1.82) is 0 Å². The van der Waals surface area contributed by atoms with Crippen LogP contribution in [0.3, 0.4) is 0 Å². The first-order valence-corrected chi connectivity index (χ1v) is 16.8. The zero-order valence-corrected chi connectivity index (χ0v) is 29.7. The van der Waals surface area contributed by atoms with Crippen molar-refractivity contribution in [3.8, 4) is 57.5 Å². The maximum absolute atomic E-state index is 13.4. The second kappa shape index (κ2) is 15.2. The monoisotopic (exact) mass is 780 g/mol. The van der Waals surface area contributed by atoms with Gasteiger partial charge in [-0.2, -0.15) is 0 Å². The first-order valence-electron chi connectivity index (χ1n) is 16.8. The molecule has 296 valence electrons. The molecule has 0 unspecified atom stereocenters. The summed E-state index contributed by atoms with van der Waals surface area (Å²) in [4.78, 5) is 39.4. The number of aliphatic hydroxyl groups excluding tert-OH is 2. The lowest BCUT2D eigenvalue weighted by molar-refractivity contribution is -0.276. The molecule has 2 aliphatic rings. The molecule has 6 atom stereocenters. The molecule has 1 fully saturated rings. The minimum Gasteiger partial charge on any atom is -0.507 e. The molecule has 1 saturated heterocycles. The molecule has 18 heteroatoms. The fourth-order valence-corrected chi connectivity index (χ4v) is 6.29. The van der Waals surface area contributed by atoms with Crippen molar-refractivity contribution in [3.05, 3.63) is 81.9 Å². The van der Waals surface area contributed by atoms with Crippen LogP contribution in [0.1, 0.15) is 60.3 Å². The number of benzene rings is 4. The summed E-state index contributed by atoms with van der Waals surface area (Å²) in [6, 6.07) is 9.86. The van der Waals surface area contributed by atoms with Crippen LogP contribution in [0, 0.1) is 13.8 Å². The van der Waals surface area contributed by atoms with Gasteiger partial charge in [-0.15, -0.1) is 0 Å². The van der Waals surface area contributed by atoms with Crippen molar-refractivity contribution in [2.45, 2.75) is 57.1 Å². The Morgan fingerprint density at radius 2 is 1.32 bits per heavy atom. The van der Waals surface area contributed by atoms with Gasteiger partial charge in [0.2, 0.25) is 6.29 Å². The Hall–Kier alpha value is -6.63. The summed E-state index contributed by atoms with van der Waals surface area (Å²) in [6.07, 6.45) is -10.3. The highest BCUT2D eigenvalue weighted by atomic mass is 16.7. The second-order valence-electron chi connectivity index (χ2n) is 13.0. The number of hydrogen-bond donors (Lipinski definition) is 9. The van der Waals surface area contributed by atoms with E-state index in [0.717, 1.165) is 24.3 Å². The fraction of sp³-hybridized carbons (Fsp3) is 0.289. The fourth-order valence-electron chi connectivity index (χ4n) is 6.29. The van der Waals surface area contributed by atoms with Gasteiger partial charge in [-0.05, 0) is 55.8 Å². The van der Waals surface area contributed by atoms with Gasteiger partial charge in [0.1, 0.15) is 59.6 Å². The van der Waals surface area contributed by atoms with E-state index < -0.39 is 113 Å². The Morgan fingerprint density at radius 3 is 1.88 bits per heavy atom. The number of Topliss-reactive ketones (excluding diaryl/α,β-unsaturated/α-hetero) is 1. The molecular weight excluding hydrogens is 744 g/mol. The molecule has 0 bridgehead atoms. The second-order valence-corrected chi connectivity index (χ2v) is 13.0. The highest BCUT2D eigenvalue weighted by Gasteiger charge is 2.49. The van der Waals surface area contributed by atoms with Gasteiger partial charge in [-0.3, -0.25) is 4.79 Å². The van der Waals surface area contributed by atoms with Crippen LogP contribution in [-0.2, 0) is 14.2 Å². The van der Waals surface area contributed by atoms with Crippen LogP contribution in [0.2, 0.25) is 0 Å². The molecule has 0 saturated carbocycles.